The highest BCUT2D eigenvalue weighted by Crippen LogP contribution is 2.29. The third kappa shape index (κ3) is 16.2. The molecule has 0 unspecified atom stereocenters. The van der Waals surface area contributed by atoms with E-state index in [9.17, 15) is 19.2 Å². The average molecular weight is 571 g/mol. The van der Waals surface area contributed by atoms with E-state index >= 15 is 0 Å². The third-order valence-corrected chi connectivity index (χ3v) is 7.20. The molecule has 0 heterocycles. The van der Waals surface area contributed by atoms with E-state index in [1.165, 1.54) is 0 Å². The molecule has 8 heteroatoms. The number of ether oxygens (including phenoxy) is 4. The van der Waals surface area contributed by atoms with Crippen molar-refractivity contribution >= 4 is 23.9 Å². The quantitative estimate of drug-likeness (QED) is 0.0658. The van der Waals surface area contributed by atoms with Crippen molar-refractivity contribution in [2.24, 2.45) is 0 Å². The van der Waals surface area contributed by atoms with Crippen LogP contribution in [-0.2, 0) is 38.1 Å². The number of hydrogen-bond donors (Lipinski definition) is 0. The number of rotatable bonds is 24. The van der Waals surface area contributed by atoms with E-state index in [2.05, 4.69) is 20.8 Å². The first-order chi connectivity index (χ1) is 19.1. The molecule has 0 aliphatic rings. The van der Waals surface area contributed by atoms with E-state index in [1.807, 2.05) is 20.8 Å². The van der Waals surface area contributed by atoms with E-state index in [0.717, 1.165) is 64.7 Å². The van der Waals surface area contributed by atoms with Gasteiger partial charge >= 0.3 is 23.9 Å². The SMILES string of the molecule is CCCCC[C@H](CC)OC(=O)CC(CC(=O)O[C@@H](CC)CCCCC)(OC(C)=O)C(=O)O[C@H](CC)CCCCC. The molecule has 0 fully saturated rings. The van der Waals surface area contributed by atoms with Crippen LogP contribution in [0.1, 0.15) is 158 Å². The van der Waals surface area contributed by atoms with Crippen molar-refractivity contribution in [2.45, 2.75) is 182 Å². The van der Waals surface area contributed by atoms with Gasteiger partial charge in [0.15, 0.2) is 0 Å². The summed E-state index contributed by atoms with van der Waals surface area (Å²) in [6.45, 7) is 13.2. The molecule has 234 valence electrons. The second-order valence-electron chi connectivity index (χ2n) is 10.9. The molecule has 0 aromatic carbocycles. The molecular weight excluding hydrogens is 512 g/mol. The summed E-state index contributed by atoms with van der Waals surface area (Å²) in [6.07, 6.45) is 10.4. The summed E-state index contributed by atoms with van der Waals surface area (Å²) >= 11 is 0. The fraction of sp³-hybridized carbons (Fsp3) is 0.875. The van der Waals surface area contributed by atoms with Crippen LogP contribution in [0.5, 0.6) is 0 Å². The summed E-state index contributed by atoms with van der Waals surface area (Å²) in [5.74, 6) is -3.11. The smallest absolute Gasteiger partial charge is 0.352 e. The van der Waals surface area contributed by atoms with Crippen LogP contribution in [0.2, 0.25) is 0 Å². The molecule has 0 rings (SSSR count). The summed E-state index contributed by atoms with van der Waals surface area (Å²) in [6, 6.07) is 0. The zero-order chi connectivity index (χ0) is 30.4. The molecule has 0 saturated carbocycles. The van der Waals surface area contributed by atoms with Crippen LogP contribution < -0.4 is 0 Å². The Morgan fingerprint density at radius 3 is 1.20 bits per heavy atom. The number of hydrogen-bond acceptors (Lipinski definition) is 8. The zero-order valence-electron chi connectivity index (χ0n) is 26.5. The molecule has 0 saturated heterocycles. The summed E-state index contributed by atoms with van der Waals surface area (Å²) < 4.78 is 22.7. The van der Waals surface area contributed by atoms with Gasteiger partial charge in [-0.05, 0) is 57.8 Å². The van der Waals surface area contributed by atoms with Gasteiger partial charge in [0.05, 0.1) is 12.8 Å². The molecule has 0 radical (unpaired) electrons. The lowest BCUT2D eigenvalue weighted by Gasteiger charge is -2.32. The van der Waals surface area contributed by atoms with Gasteiger partial charge in [-0.1, -0.05) is 80.1 Å². The van der Waals surface area contributed by atoms with Gasteiger partial charge in [-0.25, -0.2) is 4.79 Å². The Morgan fingerprint density at radius 2 is 0.900 bits per heavy atom. The Morgan fingerprint density at radius 1 is 0.550 bits per heavy atom. The van der Waals surface area contributed by atoms with E-state index in [4.69, 9.17) is 18.9 Å². The molecule has 0 aliphatic carbocycles. The molecule has 0 bridgehead atoms. The van der Waals surface area contributed by atoms with Crippen molar-refractivity contribution in [1.82, 2.24) is 0 Å². The van der Waals surface area contributed by atoms with Gasteiger partial charge in [-0.15, -0.1) is 0 Å². The Bertz CT molecular complexity index is 686. The Kier molecular flexibility index (Phi) is 21.4. The van der Waals surface area contributed by atoms with Crippen LogP contribution in [0.25, 0.3) is 0 Å². The van der Waals surface area contributed by atoms with Crippen molar-refractivity contribution in [3.8, 4) is 0 Å². The maximum Gasteiger partial charge on any atom is 0.352 e. The largest absolute Gasteiger partial charge is 0.462 e. The Hall–Kier alpha value is -2.12. The van der Waals surface area contributed by atoms with Gasteiger partial charge in [0, 0.05) is 6.92 Å². The summed E-state index contributed by atoms with van der Waals surface area (Å²) in [7, 11) is 0. The maximum absolute atomic E-state index is 13.7. The fourth-order valence-electron chi connectivity index (χ4n) is 4.68. The molecule has 0 aromatic heterocycles. The van der Waals surface area contributed by atoms with Crippen molar-refractivity contribution in [2.75, 3.05) is 0 Å². The normalized spacial score (nSPS) is 13.7. The summed E-state index contributed by atoms with van der Waals surface area (Å²) in [4.78, 5) is 52.3. The molecule has 40 heavy (non-hydrogen) atoms. The van der Waals surface area contributed by atoms with Gasteiger partial charge in [0.2, 0.25) is 5.60 Å². The van der Waals surface area contributed by atoms with Gasteiger partial charge in [-0.3, -0.25) is 14.4 Å². The number of unbranched alkanes of at least 4 members (excludes halogenated alkanes) is 6. The third-order valence-electron chi connectivity index (χ3n) is 7.20. The van der Waals surface area contributed by atoms with Crippen molar-refractivity contribution in [3.63, 3.8) is 0 Å². The molecular formula is C32H58O8. The lowest BCUT2D eigenvalue weighted by atomic mass is 9.94. The number of carbonyl (C=O) groups excluding carboxylic acids is 4. The first-order valence-corrected chi connectivity index (χ1v) is 15.9. The second-order valence-corrected chi connectivity index (χ2v) is 10.9. The molecule has 3 atom stereocenters. The molecule has 8 nitrogen and oxygen atoms in total. The highest BCUT2D eigenvalue weighted by molar-refractivity contribution is 5.92. The van der Waals surface area contributed by atoms with E-state index in [1.54, 1.807) is 0 Å². The van der Waals surface area contributed by atoms with Gasteiger partial charge in [0.25, 0.3) is 0 Å². The first kappa shape index (κ1) is 37.9. The molecule has 0 N–H and O–H groups in total. The number of esters is 4. The minimum atomic E-state index is -2.15. The van der Waals surface area contributed by atoms with Crippen molar-refractivity contribution < 1.29 is 38.1 Å². The zero-order valence-corrected chi connectivity index (χ0v) is 26.5. The highest BCUT2D eigenvalue weighted by Gasteiger charge is 2.49. The standard InChI is InChI=1S/C32H58O8/c1-8-14-17-20-26(11-4)37-29(34)23-32(40-25(7)33,31(36)39-28(13-6)22-19-16-10-3)24-30(35)38-27(12-5)21-18-15-9-2/h26-28H,8-24H2,1-7H3/t26-,27-,28+/m0/s1. The highest BCUT2D eigenvalue weighted by atomic mass is 16.6. The average Bonchev–Trinajstić information content (AvgIpc) is 2.90. The second kappa shape index (κ2) is 22.6. The van der Waals surface area contributed by atoms with Gasteiger partial charge < -0.3 is 18.9 Å². The summed E-state index contributed by atoms with van der Waals surface area (Å²) in [5, 5.41) is 0. The summed E-state index contributed by atoms with van der Waals surface area (Å²) in [5.41, 5.74) is -2.15. The predicted octanol–water partition coefficient (Wildman–Crippen LogP) is 7.77. The Balaban J connectivity index is 6.01. The van der Waals surface area contributed by atoms with E-state index in [0.29, 0.717) is 38.5 Å². The van der Waals surface area contributed by atoms with Crippen LogP contribution >= 0.6 is 0 Å². The van der Waals surface area contributed by atoms with Crippen LogP contribution in [-0.4, -0.2) is 47.8 Å². The van der Waals surface area contributed by atoms with E-state index in [-0.39, 0.29) is 12.2 Å². The predicted molar refractivity (Wildman–Crippen MR) is 157 cm³/mol. The molecule has 0 amide bonds. The first-order valence-electron chi connectivity index (χ1n) is 15.9. The monoisotopic (exact) mass is 570 g/mol. The van der Waals surface area contributed by atoms with E-state index < -0.39 is 48.4 Å². The van der Waals surface area contributed by atoms with Gasteiger partial charge in [0.1, 0.15) is 18.3 Å². The molecule has 0 aliphatic heterocycles. The topological polar surface area (TPSA) is 105 Å². The van der Waals surface area contributed by atoms with Gasteiger partial charge in [-0.2, -0.15) is 0 Å². The van der Waals surface area contributed by atoms with Crippen LogP contribution in [0.3, 0.4) is 0 Å². The van der Waals surface area contributed by atoms with Crippen LogP contribution in [0.4, 0.5) is 0 Å². The van der Waals surface area contributed by atoms with Crippen molar-refractivity contribution in [3.05, 3.63) is 0 Å². The fourth-order valence-corrected chi connectivity index (χ4v) is 4.68. The Labute approximate surface area is 243 Å². The number of carbonyl (C=O) groups is 4. The maximum atomic E-state index is 13.7. The van der Waals surface area contributed by atoms with Crippen LogP contribution in [0, 0.1) is 0 Å². The minimum Gasteiger partial charge on any atom is -0.462 e. The molecule has 0 aromatic rings. The van der Waals surface area contributed by atoms with Crippen molar-refractivity contribution in [1.29, 1.82) is 0 Å². The lowest BCUT2D eigenvalue weighted by molar-refractivity contribution is -0.195. The van der Waals surface area contributed by atoms with Crippen LogP contribution in [0.15, 0.2) is 0 Å². The minimum absolute atomic E-state index is 0.322. The lowest BCUT2D eigenvalue weighted by Crippen LogP contribution is -2.49. The molecule has 0 spiro atoms.